The lowest BCUT2D eigenvalue weighted by Crippen LogP contribution is -2.12. The van der Waals surface area contributed by atoms with Crippen molar-refractivity contribution in [3.05, 3.63) is 48.2 Å². The van der Waals surface area contributed by atoms with Crippen LogP contribution in [-0.4, -0.2) is 5.71 Å². The normalized spacial score (nSPS) is 19.5. The van der Waals surface area contributed by atoms with Gasteiger partial charge < -0.3 is 0 Å². The van der Waals surface area contributed by atoms with Gasteiger partial charge in [-0.2, -0.15) is 0 Å². The fourth-order valence-electron chi connectivity index (χ4n) is 1.52. The van der Waals surface area contributed by atoms with Gasteiger partial charge in [-0.25, -0.2) is 0 Å². The average Bonchev–Trinajstić information content (AvgIpc) is 2.32. The summed E-state index contributed by atoms with van der Waals surface area (Å²) in [5.41, 5.74) is 3.51. The second kappa shape index (κ2) is 7.86. The van der Waals surface area contributed by atoms with Gasteiger partial charge in [0.25, 0.3) is 0 Å². The zero-order chi connectivity index (χ0) is 12.6. The standard InChI is InChI=1S/C13H17N.C2H6/c1-5-11-8-7-9-12(10(3)4)13(11)14-6-2;1-2/h5-10H,2H2,1,3-4H3;1-2H3/b11-5-,14-13?;. The summed E-state index contributed by atoms with van der Waals surface area (Å²) >= 11 is 0. The minimum Gasteiger partial charge on any atom is -0.257 e. The first-order valence-electron chi connectivity index (χ1n) is 5.94. The lowest BCUT2D eigenvalue weighted by Gasteiger charge is -2.17. The van der Waals surface area contributed by atoms with Crippen LogP contribution in [0.5, 0.6) is 0 Å². The van der Waals surface area contributed by atoms with Crippen molar-refractivity contribution >= 4 is 5.71 Å². The van der Waals surface area contributed by atoms with Gasteiger partial charge in [0.15, 0.2) is 0 Å². The molecular weight excluding hydrogens is 194 g/mol. The highest BCUT2D eigenvalue weighted by Gasteiger charge is 2.15. The molecule has 0 radical (unpaired) electrons. The maximum Gasteiger partial charge on any atom is 0.0732 e. The molecule has 0 unspecified atom stereocenters. The molecule has 88 valence electrons. The van der Waals surface area contributed by atoms with Gasteiger partial charge in [0.05, 0.1) is 5.71 Å². The number of nitrogens with zero attached hydrogens (tertiary/aromatic N) is 1. The van der Waals surface area contributed by atoms with E-state index in [0.717, 1.165) is 5.71 Å². The van der Waals surface area contributed by atoms with Gasteiger partial charge in [-0.3, -0.25) is 4.99 Å². The average molecular weight is 217 g/mol. The number of hydrogen-bond donors (Lipinski definition) is 0. The van der Waals surface area contributed by atoms with Gasteiger partial charge in [0.2, 0.25) is 0 Å². The summed E-state index contributed by atoms with van der Waals surface area (Å²) in [6.45, 7) is 14.0. The molecule has 0 spiro atoms. The molecule has 0 heterocycles. The fourth-order valence-corrected chi connectivity index (χ4v) is 1.52. The summed E-state index contributed by atoms with van der Waals surface area (Å²) in [6.07, 6.45) is 9.96. The van der Waals surface area contributed by atoms with Crippen molar-refractivity contribution in [2.75, 3.05) is 0 Å². The number of aliphatic imine (C=N–C) groups is 1. The van der Waals surface area contributed by atoms with Crippen LogP contribution < -0.4 is 0 Å². The predicted octanol–water partition coefficient (Wildman–Crippen LogP) is 4.70. The maximum absolute atomic E-state index is 4.33. The van der Waals surface area contributed by atoms with Crippen LogP contribution in [0.1, 0.15) is 34.6 Å². The molecule has 0 fully saturated rings. The molecule has 0 bridgehead atoms. The van der Waals surface area contributed by atoms with E-state index in [-0.39, 0.29) is 0 Å². The maximum atomic E-state index is 4.33. The molecule has 0 aliphatic heterocycles. The van der Waals surface area contributed by atoms with Crippen LogP contribution in [0, 0.1) is 5.92 Å². The molecule has 1 rings (SSSR count). The third-order valence-corrected chi connectivity index (χ3v) is 2.25. The number of hydrogen-bond acceptors (Lipinski definition) is 1. The molecule has 1 heteroatoms. The molecule has 1 aliphatic carbocycles. The van der Waals surface area contributed by atoms with Gasteiger partial charge in [0.1, 0.15) is 0 Å². The molecule has 0 N–H and O–H groups in total. The fraction of sp³-hybridized carbons (Fsp3) is 0.400. The van der Waals surface area contributed by atoms with Crippen molar-refractivity contribution in [2.24, 2.45) is 10.9 Å². The molecule has 0 atom stereocenters. The highest BCUT2D eigenvalue weighted by Crippen LogP contribution is 2.22. The zero-order valence-corrected chi connectivity index (χ0v) is 11.1. The van der Waals surface area contributed by atoms with Crippen molar-refractivity contribution in [2.45, 2.75) is 34.6 Å². The lowest BCUT2D eigenvalue weighted by molar-refractivity contribution is 0.802. The van der Waals surface area contributed by atoms with Crippen molar-refractivity contribution in [1.82, 2.24) is 0 Å². The van der Waals surface area contributed by atoms with Crippen LogP contribution in [-0.2, 0) is 0 Å². The highest BCUT2D eigenvalue weighted by molar-refractivity contribution is 6.15. The second-order valence-electron chi connectivity index (χ2n) is 3.54. The van der Waals surface area contributed by atoms with E-state index in [1.807, 2.05) is 20.8 Å². The molecule has 1 nitrogen and oxygen atoms in total. The summed E-state index contributed by atoms with van der Waals surface area (Å²) < 4.78 is 0. The molecule has 0 amide bonds. The Morgan fingerprint density at radius 1 is 1.31 bits per heavy atom. The van der Waals surface area contributed by atoms with E-state index in [0.29, 0.717) is 5.92 Å². The Bertz CT molecular complexity index is 338. The molecule has 16 heavy (non-hydrogen) atoms. The van der Waals surface area contributed by atoms with Crippen LogP contribution in [0.15, 0.2) is 53.2 Å². The predicted molar refractivity (Wildman–Crippen MR) is 74.8 cm³/mol. The first-order valence-corrected chi connectivity index (χ1v) is 5.94. The van der Waals surface area contributed by atoms with Crippen molar-refractivity contribution < 1.29 is 0 Å². The van der Waals surface area contributed by atoms with E-state index in [2.05, 4.69) is 49.7 Å². The van der Waals surface area contributed by atoms with Gasteiger partial charge in [-0.05, 0) is 24.0 Å². The van der Waals surface area contributed by atoms with Gasteiger partial charge in [-0.1, -0.05) is 58.6 Å². The van der Waals surface area contributed by atoms with Crippen LogP contribution in [0.2, 0.25) is 0 Å². The molecule has 0 saturated carbocycles. The van der Waals surface area contributed by atoms with Gasteiger partial charge >= 0.3 is 0 Å². The van der Waals surface area contributed by atoms with E-state index < -0.39 is 0 Å². The minimum absolute atomic E-state index is 0.494. The second-order valence-corrected chi connectivity index (χ2v) is 3.54. The Labute approximate surface area is 100.0 Å². The Kier molecular flexibility index (Phi) is 7.19. The highest BCUT2D eigenvalue weighted by atomic mass is 14.7. The van der Waals surface area contributed by atoms with E-state index in [4.69, 9.17) is 0 Å². The molecule has 1 aliphatic rings. The summed E-state index contributed by atoms with van der Waals surface area (Å²) in [5.74, 6) is 0.494. The van der Waals surface area contributed by atoms with Crippen molar-refractivity contribution in [1.29, 1.82) is 0 Å². The van der Waals surface area contributed by atoms with Gasteiger partial charge in [0, 0.05) is 6.20 Å². The quantitative estimate of drug-likeness (QED) is 0.636. The number of allylic oxidation sites excluding steroid dienone is 6. The number of rotatable bonds is 2. The van der Waals surface area contributed by atoms with E-state index in [1.165, 1.54) is 11.1 Å². The molecule has 0 aromatic heterocycles. The summed E-state index contributed by atoms with van der Waals surface area (Å²) in [6, 6.07) is 0. The summed E-state index contributed by atoms with van der Waals surface area (Å²) in [5, 5.41) is 0. The Morgan fingerprint density at radius 3 is 2.38 bits per heavy atom. The largest absolute Gasteiger partial charge is 0.257 e. The summed E-state index contributed by atoms with van der Waals surface area (Å²) in [4.78, 5) is 4.33. The molecule has 0 aromatic rings. The van der Waals surface area contributed by atoms with Crippen molar-refractivity contribution in [3.63, 3.8) is 0 Å². The Balaban J connectivity index is 0.00000106. The van der Waals surface area contributed by atoms with Gasteiger partial charge in [-0.15, -0.1) is 0 Å². The van der Waals surface area contributed by atoms with Crippen LogP contribution in [0.4, 0.5) is 0 Å². The van der Waals surface area contributed by atoms with E-state index in [9.17, 15) is 0 Å². The molecule has 0 aromatic carbocycles. The monoisotopic (exact) mass is 217 g/mol. The topological polar surface area (TPSA) is 12.4 Å². The SMILES string of the molecule is C=CN=C1C(C(C)C)=CC=C/C1=C/C.CC. The Morgan fingerprint density at radius 2 is 1.94 bits per heavy atom. The molecular formula is C15H23N. The first-order chi connectivity index (χ1) is 7.70. The van der Waals surface area contributed by atoms with Crippen LogP contribution in [0.25, 0.3) is 0 Å². The Hall–Kier alpha value is -1.37. The lowest BCUT2D eigenvalue weighted by atomic mass is 9.89. The molecule has 0 saturated heterocycles. The third-order valence-electron chi connectivity index (χ3n) is 2.25. The third kappa shape index (κ3) is 3.65. The van der Waals surface area contributed by atoms with E-state index >= 15 is 0 Å². The summed E-state index contributed by atoms with van der Waals surface area (Å²) in [7, 11) is 0. The van der Waals surface area contributed by atoms with Crippen LogP contribution in [0.3, 0.4) is 0 Å². The first kappa shape index (κ1) is 14.6. The smallest absolute Gasteiger partial charge is 0.0732 e. The minimum atomic E-state index is 0.494. The van der Waals surface area contributed by atoms with E-state index in [1.54, 1.807) is 6.20 Å². The van der Waals surface area contributed by atoms with Crippen molar-refractivity contribution in [3.8, 4) is 0 Å². The zero-order valence-electron chi connectivity index (χ0n) is 11.1. The van der Waals surface area contributed by atoms with Crippen LogP contribution >= 0.6 is 0 Å².